The first kappa shape index (κ1) is 20.3. The van der Waals surface area contributed by atoms with Gasteiger partial charge in [-0.15, -0.1) is 0 Å². The zero-order valence-corrected chi connectivity index (χ0v) is 16.2. The van der Waals surface area contributed by atoms with Crippen LogP contribution in [-0.4, -0.2) is 23.1 Å². The molecular formula is C21H15F3N4O3. The number of fused-ring (bicyclic) bond motifs is 1. The summed E-state index contributed by atoms with van der Waals surface area (Å²) in [5.74, 6) is -3.80. The van der Waals surface area contributed by atoms with Crippen LogP contribution in [0.1, 0.15) is 11.1 Å². The minimum Gasteiger partial charge on any atom is -0.473 e. The van der Waals surface area contributed by atoms with E-state index < -0.39 is 23.1 Å². The van der Waals surface area contributed by atoms with Crippen LogP contribution in [0.5, 0.6) is 17.4 Å². The van der Waals surface area contributed by atoms with Crippen molar-refractivity contribution in [2.45, 2.75) is 13.2 Å². The largest absolute Gasteiger partial charge is 0.473 e. The smallest absolute Gasteiger partial charge is 0.352 e. The van der Waals surface area contributed by atoms with Crippen molar-refractivity contribution in [1.29, 1.82) is 5.26 Å². The molecule has 0 saturated heterocycles. The van der Waals surface area contributed by atoms with Crippen LogP contribution in [0.2, 0.25) is 0 Å². The number of hydrogen-bond acceptors (Lipinski definition) is 6. The summed E-state index contributed by atoms with van der Waals surface area (Å²) < 4.78 is 52.3. The van der Waals surface area contributed by atoms with E-state index in [-0.39, 0.29) is 29.5 Å². The lowest BCUT2D eigenvalue weighted by atomic mass is 10.1. The van der Waals surface area contributed by atoms with Gasteiger partial charge < -0.3 is 14.4 Å². The molecule has 1 aliphatic heterocycles. The second kappa shape index (κ2) is 8.02. The summed E-state index contributed by atoms with van der Waals surface area (Å²) in [4.78, 5) is 17.9. The summed E-state index contributed by atoms with van der Waals surface area (Å²) in [6.07, 6.45) is 0. The number of likely N-dealkylation sites (N-methyl/N-ethyl adjacent to an activating group) is 1. The number of nitrogens with zero attached hydrogens (tertiary/aromatic N) is 4. The van der Waals surface area contributed by atoms with Gasteiger partial charge in [-0.2, -0.15) is 10.2 Å². The van der Waals surface area contributed by atoms with E-state index in [2.05, 4.69) is 4.98 Å². The Bertz CT molecular complexity index is 1250. The van der Waals surface area contributed by atoms with Gasteiger partial charge >= 0.3 is 5.69 Å². The Kier molecular flexibility index (Phi) is 5.25. The molecular weight excluding hydrogens is 413 g/mol. The Balaban J connectivity index is 1.51. The van der Waals surface area contributed by atoms with Crippen LogP contribution in [-0.2, 0) is 13.2 Å². The maximum atomic E-state index is 13.4. The van der Waals surface area contributed by atoms with Crippen molar-refractivity contribution in [3.05, 3.63) is 75.5 Å². The van der Waals surface area contributed by atoms with E-state index in [9.17, 15) is 23.2 Å². The quantitative estimate of drug-likeness (QED) is 0.580. The van der Waals surface area contributed by atoms with Gasteiger partial charge in [0, 0.05) is 38.3 Å². The van der Waals surface area contributed by atoms with Gasteiger partial charge in [0.25, 0.3) is 0 Å². The normalized spacial score (nSPS) is 12.4. The Morgan fingerprint density at radius 3 is 2.58 bits per heavy atom. The van der Waals surface area contributed by atoms with Crippen LogP contribution in [0.4, 0.5) is 19.0 Å². The first-order valence-electron chi connectivity index (χ1n) is 9.17. The molecule has 7 nitrogen and oxygen atoms in total. The predicted molar refractivity (Wildman–Crippen MR) is 104 cm³/mol. The van der Waals surface area contributed by atoms with Crippen molar-refractivity contribution in [3.63, 3.8) is 0 Å². The second-order valence-electron chi connectivity index (χ2n) is 6.84. The summed E-state index contributed by atoms with van der Waals surface area (Å²) in [5, 5.41) is 9.39. The molecule has 0 amide bonds. The van der Waals surface area contributed by atoms with Gasteiger partial charge in [-0.25, -0.2) is 18.0 Å². The molecule has 2 heterocycles. The highest BCUT2D eigenvalue weighted by Crippen LogP contribution is 2.29. The van der Waals surface area contributed by atoms with E-state index in [1.807, 2.05) is 18.0 Å². The summed E-state index contributed by atoms with van der Waals surface area (Å²) in [7, 11) is 1.86. The molecule has 1 aromatic heterocycles. The summed E-state index contributed by atoms with van der Waals surface area (Å²) in [5.41, 5.74) is 0.251. The highest BCUT2D eigenvalue weighted by Gasteiger charge is 2.19. The molecule has 0 spiro atoms. The number of halogens is 3. The highest BCUT2D eigenvalue weighted by atomic mass is 19.2. The molecule has 0 unspecified atom stereocenters. The zero-order chi connectivity index (χ0) is 22.1. The predicted octanol–water partition coefficient (Wildman–Crippen LogP) is 3.35. The zero-order valence-electron chi connectivity index (χ0n) is 16.2. The maximum Gasteiger partial charge on any atom is 0.352 e. The maximum absolute atomic E-state index is 13.4. The van der Waals surface area contributed by atoms with Crippen molar-refractivity contribution in [2.75, 3.05) is 18.5 Å². The van der Waals surface area contributed by atoms with Crippen LogP contribution in [0, 0.1) is 28.8 Å². The van der Waals surface area contributed by atoms with Gasteiger partial charge in [-0.05, 0) is 17.7 Å². The van der Waals surface area contributed by atoms with Gasteiger partial charge in [-0.3, -0.25) is 4.57 Å². The fraction of sp³-hybridized carbons (Fsp3) is 0.190. The Hall–Kier alpha value is -4.00. The van der Waals surface area contributed by atoms with E-state index in [4.69, 9.17) is 9.47 Å². The first-order valence-corrected chi connectivity index (χ1v) is 9.17. The molecule has 0 fully saturated rings. The third-order valence-corrected chi connectivity index (χ3v) is 4.75. The molecule has 158 valence electrons. The number of aromatic nitrogens is 2. The summed E-state index contributed by atoms with van der Waals surface area (Å²) in [6.45, 7) is 1.29. The minimum absolute atomic E-state index is 0.0222. The van der Waals surface area contributed by atoms with Crippen molar-refractivity contribution in [2.24, 2.45) is 0 Å². The molecule has 0 N–H and O–H groups in total. The van der Waals surface area contributed by atoms with Crippen LogP contribution in [0.3, 0.4) is 0 Å². The van der Waals surface area contributed by atoms with Crippen molar-refractivity contribution in [1.82, 2.24) is 9.55 Å². The second-order valence-corrected chi connectivity index (χ2v) is 6.84. The van der Waals surface area contributed by atoms with E-state index in [0.717, 1.165) is 0 Å². The Morgan fingerprint density at radius 2 is 1.87 bits per heavy atom. The van der Waals surface area contributed by atoms with Gasteiger partial charge in [0.15, 0.2) is 17.5 Å². The van der Waals surface area contributed by atoms with E-state index in [1.165, 1.54) is 12.1 Å². The van der Waals surface area contributed by atoms with Crippen LogP contribution < -0.4 is 20.1 Å². The summed E-state index contributed by atoms with van der Waals surface area (Å²) >= 11 is 0. The lowest BCUT2D eigenvalue weighted by Gasteiger charge is -2.13. The van der Waals surface area contributed by atoms with Gasteiger partial charge in [0.05, 0.1) is 5.56 Å². The fourth-order valence-electron chi connectivity index (χ4n) is 3.16. The molecule has 1 aliphatic rings. The molecule has 0 radical (unpaired) electrons. The van der Waals surface area contributed by atoms with E-state index >= 15 is 0 Å². The van der Waals surface area contributed by atoms with Crippen LogP contribution in [0.15, 0.2) is 41.2 Å². The number of rotatable bonds is 5. The molecule has 0 aliphatic carbocycles. The Morgan fingerprint density at radius 1 is 1.13 bits per heavy atom. The molecule has 0 saturated carbocycles. The Labute approximate surface area is 174 Å². The SMILES string of the molecule is CN1CCn2c1cc(OCc1ccc(Oc3cc(F)c(F)c(F)c3)c(C#N)c1)nc2=O. The molecule has 0 bridgehead atoms. The minimum atomic E-state index is -1.61. The topological polar surface area (TPSA) is 80.4 Å². The average Bonchev–Trinajstić information content (AvgIpc) is 3.12. The number of hydrogen-bond donors (Lipinski definition) is 0. The van der Waals surface area contributed by atoms with Gasteiger partial charge in [0.1, 0.15) is 30.0 Å². The van der Waals surface area contributed by atoms with Gasteiger partial charge in [0.2, 0.25) is 5.88 Å². The molecule has 3 aromatic rings. The number of nitriles is 1. The van der Waals surface area contributed by atoms with Crippen molar-refractivity contribution in [3.8, 4) is 23.4 Å². The molecule has 4 rings (SSSR count). The van der Waals surface area contributed by atoms with Crippen molar-refractivity contribution >= 4 is 5.82 Å². The standard InChI is InChI=1S/C21H15F3N4O3/c1-27-4-5-28-19(27)9-18(26-21(28)29)30-11-12-2-3-17(13(6-12)10-25)31-14-7-15(22)20(24)16(23)8-14/h2-3,6-9H,4-5,11H2,1H3. The van der Waals surface area contributed by atoms with Crippen LogP contribution in [0.25, 0.3) is 0 Å². The fourth-order valence-corrected chi connectivity index (χ4v) is 3.16. The lowest BCUT2D eigenvalue weighted by molar-refractivity contribution is 0.291. The van der Waals surface area contributed by atoms with E-state index in [1.54, 1.807) is 16.7 Å². The average molecular weight is 428 g/mol. The highest BCUT2D eigenvalue weighted by molar-refractivity contribution is 5.48. The molecule has 31 heavy (non-hydrogen) atoms. The number of benzene rings is 2. The monoisotopic (exact) mass is 428 g/mol. The third-order valence-electron chi connectivity index (χ3n) is 4.75. The summed E-state index contributed by atoms with van der Waals surface area (Å²) in [6, 6.07) is 9.44. The third kappa shape index (κ3) is 4.02. The molecule has 0 atom stereocenters. The number of anilines is 1. The van der Waals surface area contributed by atoms with Crippen LogP contribution >= 0.6 is 0 Å². The molecule has 2 aromatic carbocycles. The van der Waals surface area contributed by atoms with Crippen molar-refractivity contribution < 1.29 is 22.6 Å². The molecule has 10 heteroatoms. The lowest BCUT2D eigenvalue weighted by Crippen LogP contribution is -2.22. The first-order chi connectivity index (χ1) is 14.9. The van der Waals surface area contributed by atoms with Gasteiger partial charge in [-0.1, -0.05) is 6.07 Å². The van der Waals surface area contributed by atoms with E-state index in [0.29, 0.717) is 36.6 Å². The number of ether oxygens (including phenoxy) is 2.